The van der Waals surface area contributed by atoms with E-state index in [0.717, 1.165) is 17.5 Å². The van der Waals surface area contributed by atoms with Crippen molar-refractivity contribution in [3.8, 4) is 11.4 Å². The number of sulfonamides is 1. The van der Waals surface area contributed by atoms with Gasteiger partial charge in [-0.25, -0.2) is 8.42 Å². The van der Waals surface area contributed by atoms with Crippen LogP contribution in [0.4, 0.5) is 0 Å². The molecule has 0 saturated carbocycles. The second-order valence-electron chi connectivity index (χ2n) is 9.12. The van der Waals surface area contributed by atoms with Gasteiger partial charge >= 0.3 is 0 Å². The van der Waals surface area contributed by atoms with Crippen LogP contribution in [0.3, 0.4) is 0 Å². The number of hydrogen-bond acceptors (Lipinski definition) is 6. The van der Waals surface area contributed by atoms with Crippen molar-refractivity contribution in [1.82, 2.24) is 19.3 Å². The molecule has 1 fully saturated rings. The second-order valence-corrected chi connectivity index (χ2v) is 11.1. The minimum atomic E-state index is -3.66. The molecule has 2 atom stereocenters. The lowest BCUT2D eigenvalue weighted by Gasteiger charge is -2.36. The lowest BCUT2D eigenvalue weighted by atomic mass is 9.97. The lowest BCUT2D eigenvalue weighted by Crippen LogP contribution is -2.48. The van der Waals surface area contributed by atoms with Gasteiger partial charge in [-0.2, -0.15) is 9.29 Å². The first-order chi connectivity index (χ1) is 16.8. The molecular formula is C26H32N4O4S. The van der Waals surface area contributed by atoms with Crippen LogP contribution in [0, 0.1) is 12.8 Å². The topological polar surface area (TPSA) is 96.6 Å². The highest BCUT2D eigenvalue weighted by atomic mass is 32.2. The summed E-state index contributed by atoms with van der Waals surface area (Å²) < 4.78 is 33.4. The predicted molar refractivity (Wildman–Crippen MR) is 133 cm³/mol. The molecule has 8 nitrogen and oxygen atoms in total. The van der Waals surface area contributed by atoms with E-state index >= 15 is 0 Å². The number of piperidine rings is 1. The van der Waals surface area contributed by atoms with E-state index in [4.69, 9.17) is 4.52 Å². The van der Waals surface area contributed by atoms with E-state index in [9.17, 15) is 13.2 Å². The van der Waals surface area contributed by atoms with E-state index < -0.39 is 15.9 Å². The SMILES string of the molecule is CC[C@@H](C)N(Cc1nc(-c2ccccc2)no1)C(=O)[C@@H]1CCCN(S(=O)(=O)c2ccc(C)cc2)C1. The molecule has 0 bridgehead atoms. The summed E-state index contributed by atoms with van der Waals surface area (Å²) in [5.41, 5.74) is 1.84. The number of nitrogens with zero attached hydrogens (tertiary/aromatic N) is 4. The maximum Gasteiger partial charge on any atom is 0.246 e. The quantitative estimate of drug-likeness (QED) is 0.462. The lowest BCUT2D eigenvalue weighted by molar-refractivity contribution is -0.140. The van der Waals surface area contributed by atoms with Gasteiger partial charge in [-0.05, 0) is 45.2 Å². The Morgan fingerprint density at radius 3 is 2.57 bits per heavy atom. The van der Waals surface area contributed by atoms with Crippen molar-refractivity contribution in [3.63, 3.8) is 0 Å². The number of benzene rings is 2. The highest BCUT2D eigenvalue weighted by Gasteiger charge is 2.36. The van der Waals surface area contributed by atoms with Gasteiger partial charge in [-0.1, -0.05) is 60.1 Å². The summed E-state index contributed by atoms with van der Waals surface area (Å²) in [6, 6.07) is 16.3. The predicted octanol–water partition coefficient (Wildman–Crippen LogP) is 4.27. The van der Waals surface area contributed by atoms with E-state index in [2.05, 4.69) is 10.1 Å². The average molecular weight is 497 g/mol. The summed E-state index contributed by atoms with van der Waals surface area (Å²) in [4.78, 5) is 20.1. The van der Waals surface area contributed by atoms with Gasteiger partial charge in [0, 0.05) is 24.7 Å². The molecule has 1 amide bonds. The number of amides is 1. The molecule has 35 heavy (non-hydrogen) atoms. The molecule has 9 heteroatoms. The van der Waals surface area contributed by atoms with Crippen molar-refractivity contribution in [3.05, 3.63) is 66.1 Å². The Labute approximate surface area is 207 Å². The summed E-state index contributed by atoms with van der Waals surface area (Å²) in [6.07, 6.45) is 2.03. The van der Waals surface area contributed by atoms with E-state index in [1.54, 1.807) is 29.2 Å². The fourth-order valence-corrected chi connectivity index (χ4v) is 5.82. The van der Waals surface area contributed by atoms with Gasteiger partial charge in [0.05, 0.1) is 10.8 Å². The van der Waals surface area contributed by atoms with Crippen molar-refractivity contribution in [1.29, 1.82) is 0 Å². The zero-order valence-electron chi connectivity index (χ0n) is 20.4. The molecule has 0 N–H and O–H groups in total. The molecule has 2 aromatic carbocycles. The maximum absolute atomic E-state index is 13.6. The Hall–Kier alpha value is -3.04. The van der Waals surface area contributed by atoms with Gasteiger partial charge in [-0.15, -0.1) is 0 Å². The maximum atomic E-state index is 13.6. The summed E-state index contributed by atoms with van der Waals surface area (Å²) in [5.74, 6) is 0.333. The van der Waals surface area contributed by atoms with Crippen LogP contribution in [0.2, 0.25) is 0 Å². The molecule has 0 aliphatic carbocycles. The number of aryl methyl sites for hydroxylation is 1. The third-order valence-electron chi connectivity index (χ3n) is 6.60. The van der Waals surface area contributed by atoms with Gasteiger partial charge in [0.15, 0.2) is 0 Å². The van der Waals surface area contributed by atoms with Crippen molar-refractivity contribution < 1.29 is 17.7 Å². The third-order valence-corrected chi connectivity index (χ3v) is 8.48. The smallest absolute Gasteiger partial charge is 0.246 e. The standard InChI is InChI=1S/C26H32N4O4S/c1-4-20(3)30(18-24-27-25(28-34-24)21-9-6-5-7-10-21)26(31)22-11-8-16-29(17-22)35(32,33)23-14-12-19(2)13-15-23/h5-7,9-10,12-15,20,22H,4,8,11,16-18H2,1-3H3/t20-,22-/m1/s1. The molecule has 0 radical (unpaired) electrons. The van der Waals surface area contributed by atoms with Crippen LogP contribution in [0.25, 0.3) is 11.4 Å². The van der Waals surface area contributed by atoms with Gasteiger partial charge < -0.3 is 9.42 Å². The van der Waals surface area contributed by atoms with Gasteiger partial charge in [0.2, 0.25) is 27.6 Å². The van der Waals surface area contributed by atoms with E-state index in [1.165, 1.54) is 4.31 Å². The third kappa shape index (κ3) is 5.62. The summed E-state index contributed by atoms with van der Waals surface area (Å²) in [6.45, 7) is 6.68. The molecule has 1 aliphatic rings. The Morgan fingerprint density at radius 2 is 1.89 bits per heavy atom. The number of rotatable bonds is 8. The molecule has 186 valence electrons. The number of aromatic nitrogens is 2. The zero-order valence-corrected chi connectivity index (χ0v) is 21.2. The number of carbonyl (C=O) groups excluding carboxylic acids is 1. The van der Waals surface area contributed by atoms with Crippen LogP contribution >= 0.6 is 0 Å². The monoisotopic (exact) mass is 496 g/mol. The minimum Gasteiger partial charge on any atom is -0.337 e. The fraction of sp³-hybridized carbons (Fsp3) is 0.423. The average Bonchev–Trinajstić information content (AvgIpc) is 3.36. The van der Waals surface area contributed by atoms with Crippen molar-refractivity contribution in [2.45, 2.75) is 57.5 Å². The molecule has 1 aliphatic heterocycles. The number of hydrogen-bond donors (Lipinski definition) is 0. The van der Waals surface area contributed by atoms with E-state index in [1.807, 2.05) is 51.1 Å². The molecule has 3 aromatic rings. The van der Waals surface area contributed by atoms with Crippen molar-refractivity contribution in [2.75, 3.05) is 13.1 Å². The van der Waals surface area contributed by atoms with E-state index in [0.29, 0.717) is 31.1 Å². The number of carbonyl (C=O) groups is 1. The van der Waals surface area contributed by atoms with Gasteiger partial charge in [0.1, 0.15) is 6.54 Å². The molecule has 1 saturated heterocycles. The molecular weight excluding hydrogens is 464 g/mol. The van der Waals surface area contributed by atoms with Crippen LogP contribution in [0.15, 0.2) is 64.0 Å². The highest BCUT2D eigenvalue weighted by Crippen LogP contribution is 2.27. The van der Waals surface area contributed by atoms with E-state index in [-0.39, 0.29) is 29.9 Å². The molecule has 2 heterocycles. The second kappa shape index (κ2) is 10.7. The summed E-state index contributed by atoms with van der Waals surface area (Å²) in [5, 5.41) is 4.07. The Balaban J connectivity index is 1.51. The van der Waals surface area contributed by atoms with Crippen LogP contribution in [-0.4, -0.2) is 52.8 Å². The van der Waals surface area contributed by atoms with Crippen LogP contribution in [0.5, 0.6) is 0 Å². The molecule has 1 aromatic heterocycles. The first-order valence-electron chi connectivity index (χ1n) is 12.0. The first kappa shape index (κ1) is 25.1. The van der Waals surface area contributed by atoms with Crippen molar-refractivity contribution in [2.24, 2.45) is 5.92 Å². The minimum absolute atomic E-state index is 0.0568. The van der Waals surface area contributed by atoms with Gasteiger partial charge in [-0.3, -0.25) is 4.79 Å². The normalized spacial score (nSPS) is 17.7. The van der Waals surface area contributed by atoms with Crippen molar-refractivity contribution >= 4 is 15.9 Å². The largest absolute Gasteiger partial charge is 0.337 e. The first-order valence-corrected chi connectivity index (χ1v) is 13.5. The summed E-state index contributed by atoms with van der Waals surface area (Å²) >= 11 is 0. The van der Waals surface area contributed by atoms with Crippen LogP contribution in [0.1, 0.15) is 44.6 Å². The zero-order chi connectivity index (χ0) is 25.0. The highest BCUT2D eigenvalue weighted by molar-refractivity contribution is 7.89. The molecule has 4 rings (SSSR count). The Morgan fingerprint density at radius 1 is 1.17 bits per heavy atom. The molecule has 0 unspecified atom stereocenters. The fourth-order valence-electron chi connectivity index (χ4n) is 4.30. The van der Waals surface area contributed by atoms with Gasteiger partial charge in [0.25, 0.3) is 0 Å². The summed E-state index contributed by atoms with van der Waals surface area (Å²) in [7, 11) is -3.66. The molecule has 0 spiro atoms. The Bertz CT molecular complexity index is 1240. The van der Waals surface area contributed by atoms with Crippen LogP contribution < -0.4 is 0 Å². The Kier molecular flexibility index (Phi) is 7.66. The van der Waals surface area contributed by atoms with Crippen LogP contribution in [-0.2, 0) is 21.4 Å².